The minimum atomic E-state index is -0.0527. The van der Waals surface area contributed by atoms with Crippen molar-refractivity contribution in [2.45, 2.75) is 32.6 Å². The van der Waals surface area contributed by atoms with Gasteiger partial charge in [-0.05, 0) is 48.3 Å². The molecule has 1 heteroatoms. The quantitative estimate of drug-likeness (QED) is 0.544. The van der Waals surface area contributed by atoms with E-state index < -0.39 is 0 Å². The molecule has 11 heavy (non-hydrogen) atoms. The van der Waals surface area contributed by atoms with Gasteiger partial charge in [-0.25, -0.2) is 0 Å². The lowest BCUT2D eigenvalue weighted by atomic mass is 9.67. The molecule has 0 nitrogen and oxygen atoms in total. The number of rotatable bonds is 1. The molecule has 5 aliphatic carbocycles. The number of alkyl halides is 1. The Hall–Kier alpha value is -0.0700. The fraction of sp³-hybridized carbons (Fsp3) is 1.00. The standard InChI is InChI=1S/C10H15F/c1-7-8(4-11)10-3-2-9(7,5-10)6-10/h7-8H,2-6H2,1H3. The zero-order chi connectivity index (χ0) is 7.69. The van der Waals surface area contributed by atoms with E-state index in [0.29, 0.717) is 22.7 Å². The van der Waals surface area contributed by atoms with E-state index in [1.54, 1.807) is 0 Å². The van der Waals surface area contributed by atoms with Crippen molar-refractivity contribution in [3.63, 3.8) is 0 Å². The summed E-state index contributed by atoms with van der Waals surface area (Å²) < 4.78 is 12.7. The lowest BCUT2D eigenvalue weighted by molar-refractivity contribution is 0.109. The molecule has 0 heterocycles. The highest BCUT2D eigenvalue weighted by Gasteiger charge is 2.73. The highest BCUT2D eigenvalue weighted by Crippen LogP contribution is 2.81. The molecule has 5 rings (SSSR count). The Morgan fingerprint density at radius 3 is 2.27 bits per heavy atom. The Labute approximate surface area is 67.2 Å². The summed E-state index contributed by atoms with van der Waals surface area (Å²) in [6.07, 6.45) is 5.49. The molecule has 5 aliphatic rings. The second kappa shape index (κ2) is 1.51. The van der Waals surface area contributed by atoms with Crippen LogP contribution in [0.3, 0.4) is 0 Å². The molecule has 0 N–H and O–H groups in total. The summed E-state index contributed by atoms with van der Waals surface area (Å²) in [6, 6.07) is 0. The predicted octanol–water partition coefficient (Wildman–Crippen LogP) is 2.78. The number of hydrogen-bond acceptors (Lipinski definition) is 0. The zero-order valence-corrected chi connectivity index (χ0v) is 7.07. The van der Waals surface area contributed by atoms with Gasteiger partial charge in [-0.2, -0.15) is 0 Å². The topological polar surface area (TPSA) is 0 Å². The first kappa shape index (κ1) is 6.45. The summed E-state index contributed by atoms with van der Waals surface area (Å²) in [5, 5.41) is 0. The SMILES string of the molecule is CC1C(CF)C23CCC1(C2)C3. The zero-order valence-electron chi connectivity index (χ0n) is 7.07. The average Bonchev–Trinajstić information content (AvgIpc) is 2.52. The van der Waals surface area contributed by atoms with Gasteiger partial charge < -0.3 is 0 Å². The Morgan fingerprint density at radius 2 is 1.91 bits per heavy atom. The minimum Gasteiger partial charge on any atom is -0.251 e. The van der Waals surface area contributed by atoms with Crippen LogP contribution in [0, 0.1) is 22.7 Å². The molecule has 5 fully saturated rings. The van der Waals surface area contributed by atoms with E-state index >= 15 is 0 Å². The van der Waals surface area contributed by atoms with Crippen LogP contribution in [-0.4, -0.2) is 6.67 Å². The lowest BCUT2D eigenvalue weighted by Crippen LogP contribution is -2.29. The highest BCUT2D eigenvalue weighted by molar-refractivity contribution is 5.22. The van der Waals surface area contributed by atoms with Crippen LogP contribution >= 0.6 is 0 Å². The van der Waals surface area contributed by atoms with Gasteiger partial charge in [0.15, 0.2) is 0 Å². The van der Waals surface area contributed by atoms with Crippen molar-refractivity contribution in [1.29, 1.82) is 0 Å². The summed E-state index contributed by atoms with van der Waals surface area (Å²) in [5.41, 5.74) is 1.14. The van der Waals surface area contributed by atoms with Crippen molar-refractivity contribution < 1.29 is 4.39 Å². The number of fused-ring (bicyclic) bond motifs is 2. The van der Waals surface area contributed by atoms with Crippen LogP contribution in [0.1, 0.15) is 32.6 Å². The molecule has 0 saturated heterocycles. The molecule has 0 amide bonds. The third-order valence-corrected chi connectivity index (χ3v) is 5.05. The van der Waals surface area contributed by atoms with Crippen molar-refractivity contribution in [3.05, 3.63) is 0 Å². The van der Waals surface area contributed by atoms with E-state index in [9.17, 15) is 4.39 Å². The van der Waals surface area contributed by atoms with Gasteiger partial charge in [0, 0.05) is 0 Å². The minimum absolute atomic E-state index is 0.0527. The Bertz CT molecular complexity index is 203. The van der Waals surface area contributed by atoms with Gasteiger partial charge >= 0.3 is 0 Å². The summed E-state index contributed by atoms with van der Waals surface area (Å²) in [5.74, 6) is 1.14. The molecular formula is C10H15F. The van der Waals surface area contributed by atoms with Crippen LogP contribution in [0.25, 0.3) is 0 Å². The summed E-state index contributed by atoms with van der Waals surface area (Å²) in [7, 11) is 0. The van der Waals surface area contributed by atoms with E-state index in [1.807, 2.05) is 0 Å². The second-order valence-electron chi connectivity index (χ2n) is 5.13. The van der Waals surface area contributed by atoms with Gasteiger partial charge in [0.05, 0.1) is 6.67 Å². The molecule has 2 unspecified atom stereocenters. The third kappa shape index (κ3) is 0.458. The normalized spacial score (nSPS) is 64.9. The Kier molecular flexibility index (Phi) is 0.883. The monoisotopic (exact) mass is 154 g/mol. The molecule has 0 aromatic heterocycles. The molecule has 0 radical (unpaired) electrons. The number of halogens is 1. The van der Waals surface area contributed by atoms with Crippen LogP contribution < -0.4 is 0 Å². The fourth-order valence-electron chi connectivity index (χ4n) is 4.45. The molecule has 0 aromatic rings. The van der Waals surface area contributed by atoms with E-state index in [4.69, 9.17) is 0 Å². The van der Waals surface area contributed by atoms with Crippen LogP contribution in [0.5, 0.6) is 0 Å². The van der Waals surface area contributed by atoms with E-state index in [0.717, 1.165) is 0 Å². The van der Waals surface area contributed by atoms with Gasteiger partial charge in [-0.1, -0.05) is 6.92 Å². The van der Waals surface area contributed by atoms with Crippen molar-refractivity contribution >= 4 is 0 Å². The predicted molar refractivity (Wildman–Crippen MR) is 42.0 cm³/mol. The molecule has 62 valence electrons. The van der Waals surface area contributed by atoms with Crippen LogP contribution in [0.2, 0.25) is 0 Å². The summed E-state index contributed by atoms with van der Waals surface area (Å²) >= 11 is 0. The first-order valence-corrected chi connectivity index (χ1v) is 4.78. The van der Waals surface area contributed by atoms with E-state index in [-0.39, 0.29) is 6.67 Å². The molecule has 2 bridgehead atoms. The first-order chi connectivity index (χ1) is 5.22. The van der Waals surface area contributed by atoms with Crippen molar-refractivity contribution in [1.82, 2.24) is 0 Å². The fourth-order valence-corrected chi connectivity index (χ4v) is 4.45. The van der Waals surface area contributed by atoms with E-state index in [1.165, 1.54) is 25.7 Å². The molecule has 0 aromatic carbocycles. The van der Waals surface area contributed by atoms with Gasteiger partial charge in [0.25, 0.3) is 0 Å². The second-order valence-corrected chi connectivity index (χ2v) is 5.13. The van der Waals surface area contributed by atoms with Crippen LogP contribution in [0.4, 0.5) is 4.39 Å². The maximum atomic E-state index is 12.7. The molecular weight excluding hydrogens is 139 g/mol. The average molecular weight is 154 g/mol. The Balaban J connectivity index is 2.02. The summed E-state index contributed by atoms with van der Waals surface area (Å²) in [4.78, 5) is 0. The third-order valence-electron chi connectivity index (χ3n) is 5.05. The van der Waals surface area contributed by atoms with Crippen molar-refractivity contribution in [2.24, 2.45) is 22.7 Å². The molecule has 2 atom stereocenters. The van der Waals surface area contributed by atoms with Gasteiger partial charge in [0.1, 0.15) is 0 Å². The Morgan fingerprint density at radius 1 is 1.27 bits per heavy atom. The largest absolute Gasteiger partial charge is 0.251 e. The first-order valence-electron chi connectivity index (χ1n) is 4.78. The number of hydrogen-bond donors (Lipinski definition) is 0. The van der Waals surface area contributed by atoms with Crippen LogP contribution in [0.15, 0.2) is 0 Å². The van der Waals surface area contributed by atoms with Gasteiger partial charge in [0.2, 0.25) is 0 Å². The van der Waals surface area contributed by atoms with E-state index in [2.05, 4.69) is 6.92 Å². The lowest BCUT2D eigenvalue weighted by Gasteiger charge is -2.38. The maximum absolute atomic E-state index is 12.7. The van der Waals surface area contributed by atoms with Gasteiger partial charge in [-0.15, -0.1) is 0 Å². The molecule has 0 spiro atoms. The van der Waals surface area contributed by atoms with Crippen molar-refractivity contribution in [2.75, 3.05) is 6.67 Å². The van der Waals surface area contributed by atoms with Crippen LogP contribution in [-0.2, 0) is 0 Å². The summed E-state index contributed by atoms with van der Waals surface area (Å²) in [6.45, 7) is 2.22. The smallest absolute Gasteiger partial charge is 0.0930 e. The maximum Gasteiger partial charge on any atom is 0.0930 e. The van der Waals surface area contributed by atoms with Gasteiger partial charge in [-0.3, -0.25) is 4.39 Å². The highest BCUT2D eigenvalue weighted by atomic mass is 19.1. The molecule has 0 aliphatic heterocycles. The molecule has 5 saturated carbocycles. The van der Waals surface area contributed by atoms with Crippen molar-refractivity contribution in [3.8, 4) is 0 Å².